The maximum Gasteiger partial charge on any atom is 0.214 e. The van der Waals surface area contributed by atoms with E-state index >= 15 is 0 Å². The predicted molar refractivity (Wildman–Crippen MR) is 50.8 cm³/mol. The van der Waals surface area contributed by atoms with E-state index in [-0.39, 0.29) is 12.6 Å². The standard InChI is InChI=1S/C8H17NO3S/c1-6(2)13(11,12)9-8(5-10)7-3-4-7/h6-10H,3-5H2,1-2H3. The van der Waals surface area contributed by atoms with Crippen LogP contribution in [0.25, 0.3) is 0 Å². The molecule has 1 atom stereocenters. The van der Waals surface area contributed by atoms with Crippen molar-refractivity contribution in [1.29, 1.82) is 0 Å². The van der Waals surface area contributed by atoms with Crippen molar-refractivity contribution in [3.05, 3.63) is 0 Å². The molecule has 1 rings (SSSR count). The van der Waals surface area contributed by atoms with Crippen molar-refractivity contribution in [2.24, 2.45) is 5.92 Å². The highest BCUT2D eigenvalue weighted by molar-refractivity contribution is 7.90. The Labute approximate surface area is 79.4 Å². The number of aliphatic hydroxyl groups excluding tert-OH is 1. The van der Waals surface area contributed by atoms with Crippen molar-refractivity contribution in [2.45, 2.75) is 38.0 Å². The van der Waals surface area contributed by atoms with Gasteiger partial charge in [-0.3, -0.25) is 0 Å². The SMILES string of the molecule is CC(C)S(=O)(=O)NC(CO)C1CC1. The van der Waals surface area contributed by atoms with Gasteiger partial charge in [-0.25, -0.2) is 13.1 Å². The highest BCUT2D eigenvalue weighted by atomic mass is 32.2. The quantitative estimate of drug-likeness (QED) is 0.671. The Hall–Kier alpha value is -0.130. The second kappa shape index (κ2) is 3.94. The molecule has 0 bridgehead atoms. The molecule has 0 radical (unpaired) electrons. The van der Waals surface area contributed by atoms with E-state index in [1.165, 1.54) is 0 Å². The normalized spacial score (nSPS) is 20.6. The van der Waals surface area contributed by atoms with E-state index in [2.05, 4.69) is 4.72 Å². The van der Waals surface area contributed by atoms with Crippen LogP contribution in [-0.2, 0) is 10.0 Å². The molecule has 13 heavy (non-hydrogen) atoms. The van der Waals surface area contributed by atoms with Gasteiger partial charge in [0.15, 0.2) is 0 Å². The van der Waals surface area contributed by atoms with Crippen molar-refractivity contribution in [3.8, 4) is 0 Å². The van der Waals surface area contributed by atoms with Crippen molar-refractivity contribution in [1.82, 2.24) is 4.72 Å². The van der Waals surface area contributed by atoms with Gasteiger partial charge < -0.3 is 5.11 Å². The number of aliphatic hydroxyl groups is 1. The molecular formula is C8H17NO3S. The third-order valence-corrected chi connectivity index (χ3v) is 4.20. The molecule has 0 amide bonds. The summed E-state index contributed by atoms with van der Waals surface area (Å²) in [5, 5.41) is 8.52. The Kier molecular flexibility index (Phi) is 3.32. The number of hydrogen-bond donors (Lipinski definition) is 2. The molecule has 0 aliphatic heterocycles. The van der Waals surface area contributed by atoms with E-state index < -0.39 is 15.3 Å². The lowest BCUT2D eigenvalue weighted by Crippen LogP contribution is -2.42. The van der Waals surface area contributed by atoms with E-state index in [0.717, 1.165) is 12.8 Å². The summed E-state index contributed by atoms with van der Waals surface area (Å²) < 4.78 is 25.3. The first-order valence-corrected chi connectivity index (χ1v) is 6.14. The van der Waals surface area contributed by atoms with Gasteiger partial charge >= 0.3 is 0 Å². The van der Waals surface area contributed by atoms with E-state index in [1.54, 1.807) is 13.8 Å². The topological polar surface area (TPSA) is 66.4 Å². The molecule has 0 aromatic carbocycles. The molecule has 1 saturated carbocycles. The number of sulfonamides is 1. The van der Waals surface area contributed by atoms with Gasteiger partial charge in [-0.15, -0.1) is 0 Å². The van der Waals surface area contributed by atoms with Gasteiger partial charge in [0.1, 0.15) is 0 Å². The van der Waals surface area contributed by atoms with Gasteiger partial charge in [0.25, 0.3) is 0 Å². The molecule has 1 fully saturated rings. The van der Waals surface area contributed by atoms with Crippen molar-refractivity contribution < 1.29 is 13.5 Å². The lowest BCUT2D eigenvalue weighted by molar-refractivity contribution is 0.244. The first-order chi connectivity index (χ1) is 5.97. The maximum absolute atomic E-state index is 11.4. The highest BCUT2D eigenvalue weighted by Crippen LogP contribution is 2.32. The largest absolute Gasteiger partial charge is 0.395 e. The second-order valence-electron chi connectivity index (χ2n) is 3.84. The highest BCUT2D eigenvalue weighted by Gasteiger charge is 2.34. The fraction of sp³-hybridized carbons (Fsp3) is 1.00. The third kappa shape index (κ3) is 2.93. The summed E-state index contributed by atoms with van der Waals surface area (Å²) >= 11 is 0. The summed E-state index contributed by atoms with van der Waals surface area (Å²) in [6, 6.07) is -0.271. The average molecular weight is 207 g/mol. The minimum atomic E-state index is -3.22. The summed E-state index contributed by atoms with van der Waals surface area (Å²) in [4.78, 5) is 0. The van der Waals surface area contributed by atoms with Crippen LogP contribution in [0.1, 0.15) is 26.7 Å². The molecule has 0 heterocycles. The fourth-order valence-corrected chi connectivity index (χ4v) is 2.09. The van der Waals surface area contributed by atoms with E-state index in [9.17, 15) is 8.42 Å². The molecule has 0 spiro atoms. The summed E-state index contributed by atoms with van der Waals surface area (Å²) in [6.45, 7) is 3.16. The van der Waals surface area contributed by atoms with Crippen LogP contribution < -0.4 is 4.72 Å². The first-order valence-electron chi connectivity index (χ1n) is 4.59. The van der Waals surface area contributed by atoms with Crippen molar-refractivity contribution in [3.63, 3.8) is 0 Å². The molecular weight excluding hydrogens is 190 g/mol. The number of rotatable bonds is 5. The number of hydrogen-bond acceptors (Lipinski definition) is 3. The Bertz CT molecular complexity index is 257. The molecule has 0 aromatic rings. The Morgan fingerprint density at radius 3 is 2.31 bits per heavy atom. The summed E-state index contributed by atoms with van der Waals surface area (Å²) in [5.41, 5.74) is 0. The fourth-order valence-electron chi connectivity index (χ4n) is 1.13. The molecule has 2 N–H and O–H groups in total. The molecule has 1 aliphatic carbocycles. The number of nitrogens with one attached hydrogen (secondary N) is 1. The smallest absolute Gasteiger partial charge is 0.214 e. The lowest BCUT2D eigenvalue weighted by atomic mass is 10.2. The summed E-state index contributed by atoms with van der Waals surface area (Å²) in [7, 11) is -3.22. The zero-order valence-electron chi connectivity index (χ0n) is 8.03. The van der Waals surface area contributed by atoms with Crippen LogP contribution >= 0.6 is 0 Å². The van der Waals surface area contributed by atoms with E-state index in [0.29, 0.717) is 5.92 Å². The summed E-state index contributed by atoms with van der Waals surface area (Å²) in [6.07, 6.45) is 2.04. The van der Waals surface area contributed by atoms with Crippen LogP contribution in [0.2, 0.25) is 0 Å². The summed E-state index contributed by atoms with van der Waals surface area (Å²) in [5.74, 6) is 0.346. The Morgan fingerprint density at radius 2 is 2.00 bits per heavy atom. The van der Waals surface area contributed by atoms with Gasteiger partial charge in [-0.05, 0) is 32.6 Å². The lowest BCUT2D eigenvalue weighted by Gasteiger charge is -2.17. The van der Waals surface area contributed by atoms with Crippen LogP contribution in [0.4, 0.5) is 0 Å². The zero-order valence-corrected chi connectivity index (χ0v) is 8.84. The van der Waals surface area contributed by atoms with Gasteiger partial charge in [-0.2, -0.15) is 0 Å². The first kappa shape index (κ1) is 10.9. The molecule has 4 nitrogen and oxygen atoms in total. The maximum atomic E-state index is 11.4. The van der Waals surface area contributed by atoms with Crippen LogP contribution in [0.3, 0.4) is 0 Å². The molecule has 78 valence electrons. The second-order valence-corrected chi connectivity index (χ2v) is 6.11. The zero-order chi connectivity index (χ0) is 10.1. The van der Waals surface area contributed by atoms with Crippen molar-refractivity contribution in [2.75, 3.05) is 6.61 Å². The Balaban J connectivity index is 2.54. The van der Waals surface area contributed by atoms with Crippen LogP contribution in [0.5, 0.6) is 0 Å². The molecule has 5 heteroatoms. The van der Waals surface area contributed by atoms with Crippen LogP contribution in [-0.4, -0.2) is 31.4 Å². The minimum absolute atomic E-state index is 0.101. The average Bonchev–Trinajstić information content (AvgIpc) is 2.82. The van der Waals surface area contributed by atoms with E-state index in [4.69, 9.17) is 5.11 Å². The van der Waals surface area contributed by atoms with Crippen LogP contribution in [0, 0.1) is 5.92 Å². The molecule has 0 aromatic heterocycles. The van der Waals surface area contributed by atoms with Gasteiger partial charge in [0.2, 0.25) is 10.0 Å². The van der Waals surface area contributed by atoms with Gasteiger partial charge in [-0.1, -0.05) is 0 Å². The van der Waals surface area contributed by atoms with E-state index in [1.807, 2.05) is 0 Å². The van der Waals surface area contributed by atoms with Gasteiger partial charge in [0.05, 0.1) is 11.9 Å². The molecule has 1 aliphatic rings. The minimum Gasteiger partial charge on any atom is -0.395 e. The molecule has 0 saturated heterocycles. The predicted octanol–water partition coefficient (Wildman–Crippen LogP) is 0.0851. The third-order valence-electron chi connectivity index (χ3n) is 2.32. The van der Waals surface area contributed by atoms with Gasteiger partial charge in [0, 0.05) is 6.04 Å². The molecule has 1 unspecified atom stereocenters. The Morgan fingerprint density at radius 1 is 1.46 bits per heavy atom. The van der Waals surface area contributed by atoms with Crippen molar-refractivity contribution >= 4 is 10.0 Å². The monoisotopic (exact) mass is 207 g/mol. The van der Waals surface area contributed by atoms with Crippen LogP contribution in [0.15, 0.2) is 0 Å².